The molecule has 0 aliphatic carbocycles. The van der Waals surface area contributed by atoms with Gasteiger partial charge >= 0.3 is 0 Å². The number of rotatable bonds is 3. The molecule has 3 nitrogen and oxygen atoms in total. The number of hydrogen-bond acceptors (Lipinski definition) is 2. The molecule has 0 saturated carbocycles. The molecule has 0 bridgehead atoms. The zero-order valence-electron chi connectivity index (χ0n) is 7.01. The minimum Gasteiger partial charge on any atom is -0.467 e. The first-order valence-corrected chi connectivity index (χ1v) is 4.13. The lowest BCUT2D eigenvalue weighted by molar-refractivity contribution is -0.123. The predicted octanol–water partition coefficient (Wildman–Crippen LogP) is 1.74. The van der Waals surface area contributed by atoms with Gasteiger partial charge in [-0.2, -0.15) is 0 Å². The molecule has 1 aromatic heterocycles. The summed E-state index contributed by atoms with van der Waals surface area (Å²) in [4.78, 5) is 10.7. The highest BCUT2D eigenvalue weighted by atomic mass is 35.5. The number of aryl methyl sites for hydroxylation is 1. The van der Waals surface area contributed by atoms with Crippen LogP contribution in [0.1, 0.15) is 11.3 Å². The average Bonchev–Trinajstić information content (AvgIpc) is 2.47. The monoisotopic (exact) mass is 205 g/mol. The third-order valence-electron chi connectivity index (χ3n) is 1.59. The van der Waals surface area contributed by atoms with Gasteiger partial charge in [0.1, 0.15) is 5.76 Å². The minimum absolute atomic E-state index is 0.158. The highest BCUT2D eigenvalue weighted by molar-refractivity contribution is 6.29. The molecule has 1 rings (SSSR count). The standard InChI is InChI=1S/C8H9ClFNO2/c1-5-2-3-13-6(5)4-11-8(12)7(9)10/h2-3,7H,4H2,1H3,(H,11,12). The summed E-state index contributed by atoms with van der Waals surface area (Å²) in [6.07, 6.45) is 1.50. The van der Waals surface area contributed by atoms with E-state index in [0.29, 0.717) is 5.76 Å². The Hall–Kier alpha value is -1.03. The van der Waals surface area contributed by atoms with Crippen molar-refractivity contribution in [2.24, 2.45) is 0 Å². The molecular formula is C8H9ClFNO2. The van der Waals surface area contributed by atoms with Crippen molar-refractivity contribution in [3.63, 3.8) is 0 Å². The van der Waals surface area contributed by atoms with Crippen LogP contribution in [-0.2, 0) is 11.3 Å². The first-order valence-electron chi connectivity index (χ1n) is 3.70. The zero-order chi connectivity index (χ0) is 9.84. The number of hydrogen-bond donors (Lipinski definition) is 1. The molecule has 1 heterocycles. The molecule has 1 aromatic rings. The first kappa shape index (κ1) is 10.1. The maximum absolute atomic E-state index is 12.1. The van der Waals surface area contributed by atoms with Gasteiger partial charge in [0, 0.05) is 0 Å². The van der Waals surface area contributed by atoms with E-state index in [4.69, 9.17) is 16.0 Å². The van der Waals surface area contributed by atoms with E-state index in [0.717, 1.165) is 5.56 Å². The average molecular weight is 206 g/mol. The summed E-state index contributed by atoms with van der Waals surface area (Å²) < 4.78 is 17.2. The van der Waals surface area contributed by atoms with Gasteiger partial charge < -0.3 is 9.73 Å². The topological polar surface area (TPSA) is 42.2 Å². The fourth-order valence-corrected chi connectivity index (χ4v) is 0.907. The van der Waals surface area contributed by atoms with Crippen LogP contribution in [0.2, 0.25) is 0 Å². The first-order chi connectivity index (χ1) is 6.11. The summed E-state index contributed by atoms with van der Waals surface area (Å²) in [5, 5.41) is 2.29. The molecule has 0 aromatic carbocycles. The number of nitrogens with one attached hydrogen (secondary N) is 1. The third kappa shape index (κ3) is 2.73. The van der Waals surface area contributed by atoms with E-state index in [1.165, 1.54) is 6.26 Å². The lowest BCUT2D eigenvalue weighted by Crippen LogP contribution is -2.28. The molecule has 1 unspecified atom stereocenters. The molecule has 1 N–H and O–H groups in total. The summed E-state index contributed by atoms with van der Waals surface area (Å²) in [5.74, 6) is -0.247. The van der Waals surface area contributed by atoms with Crippen molar-refractivity contribution in [2.45, 2.75) is 19.1 Å². The smallest absolute Gasteiger partial charge is 0.270 e. The SMILES string of the molecule is Cc1ccoc1CNC(=O)C(F)Cl. The Morgan fingerprint density at radius 2 is 2.54 bits per heavy atom. The Morgan fingerprint density at radius 3 is 3.00 bits per heavy atom. The van der Waals surface area contributed by atoms with E-state index in [2.05, 4.69) is 5.32 Å². The van der Waals surface area contributed by atoms with Crippen molar-refractivity contribution in [1.82, 2.24) is 5.32 Å². The van der Waals surface area contributed by atoms with Gasteiger partial charge in [0.05, 0.1) is 12.8 Å². The highest BCUT2D eigenvalue weighted by Crippen LogP contribution is 2.08. The minimum atomic E-state index is -2.00. The number of amides is 1. The van der Waals surface area contributed by atoms with E-state index in [-0.39, 0.29) is 6.54 Å². The molecule has 0 aliphatic rings. The second kappa shape index (κ2) is 4.28. The molecule has 0 aliphatic heterocycles. The van der Waals surface area contributed by atoms with E-state index in [1.807, 2.05) is 6.92 Å². The second-order valence-corrected chi connectivity index (χ2v) is 2.93. The van der Waals surface area contributed by atoms with Crippen molar-refractivity contribution in [3.8, 4) is 0 Å². The fraction of sp³-hybridized carbons (Fsp3) is 0.375. The van der Waals surface area contributed by atoms with Crippen LogP contribution in [0, 0.1) is 6.92 Å². The van der Waals surface area contributed by atoms with Gasteiger partial charge in [-0.3, -0.25) is 4.79 Å². The van der Waals surface area contributed by atoms with Crippen LogP contribution in [-0.4, -0.2) is 11.5 Å². The van der Waals surface area contributed by atoms with E-state index in [1.54, 1.807) is 6.07 Å². The molecule has 0 radical (unpaired) electrons. The summed E-state index contributed by atoms with van der Waals surface area (Å²) in [6, 6.07) is 1.76. The lowest BCUT2D eigenvalue weighted by atomic mass is 10.3. The van der Waals surface area contributed by atoms with Crippen molar-refractivity contribution < 1.29 is 13.6 Å². The van der Waals surface area contributed by atoms with E-state index >= 15 is 0 Å². The molecule has 72 valence electrons. The largest absolute Gasteiger partial charge is 0.467 e. The Kier molecular flexibility index (Phi) is 3.31. The normalized spacial score (nSPS) is 12.5. The van der Waals surface area contributed by atoms with Gasteiger partial charge in [-0.1, -0.05) is 11.6 Å². The van der Waals surface area contributed by atoms with Crippen LogP contribution in [0.3, 0.4) is 0 Å². The summed E-state index contributed by atoms with van der Waals surface area (Å²) >= 11 is 4.90. The third-order valence-corrected chi connectivity index (χ3v) is 1.79. The van der Waals surface area contributed by atoms with Crippen LogP contribution in [0.5, 0.6) is 0 Å². The Labute approximate surface area is 79.9 Å². The van der Waals surface area contributed by atoms with Crippen molar-refractivity contribution in [2.75, 3.05) is 0 Å². The molecule has 0 saturated heterocycles. The van der Waals surface area contributed by atoms with Crippen molar-refractivity contribution >= 4 is 17.5 Å². The summed E-state index contributed by atoms with van der Waals surface area (Å²) in [5.41, 5.74) is -1.10. The quantitative estimate of drug-likeness (QED) is 0.764. The molecule has 5 heteroatoms. The van der Waals surface area contributed by atoms with Gasteiger partial charge in [-0.05, 0) is 18.6 Å². The van der Waals surface area contributed by atoms with Gasteiger partial charge in [0.15, 0.2) is 0 Å². The number of halogens is 2. The van der Waals surface area contributed by atoms with Crippen LogP contribution in [0.4, 0.5) is 4.39 Å². The Balaban J connectivity index is 2.44. The Bertz CT molecular complexity index is 298. The van der Waals surface area contributed by atoms with Gasteiger partial charge in [0.25, 0.3) is 11.5 Å². The zero-order valence-corrected chi connectivity index (χ0v) is 7.77. The van der Waals surface area contributed by atoms with Crippen LogP contribution >= 0.6 is 11.6 Å². The van der Waals surface area contributed by atoms with Gasteiger partial charge in [-0.15, -0.1) is 0 Å². The van der Waals surface area contributed by atoms with Crippen molar-refractivity contribution in [1.29, 1.82) is 0 Å². The number of alkyl halides is 2. The number of furan rings is 1. The molecule has 13 heavy (non-hydrogen) atoms. The maximum Gasteiger partial charge on any atom is 0.270 e. The fourth-order valence-electron chi connectivity index (χ4n) is 0.830. The van der Waals surface area contributed by atoms with Crippen molar-refractivity contribution in [3.05, 3.63) is 23.7 Å². The van der Waals surface area contributed by atoms with Gasteiger partial charge in [-0.25, -0.2) is 4.39 Å². The lowest BCUT2D eigenvalue weighted by Gasteiger charge is -2.02. The molecule has 0 spiro atoms. The number of carbonyl (C=O) groups excluding carboxylic acids is 1. The highest BCUT2D eigenvalue weighted by Gasteiger charge is 2.13. The molecule has 1 amide bonds. The number of carbonyl (C=O) groups is 1. The maximum atomic E-state index is 12.1. The second-order valence-electron chi connectivity index (χ2n) is 2.55. The van der Waals surface area contributed by atoms with Crippen LogP contribution in [0.25, 0.3) is 0 Å². The van der Waals surface area contributed by atoms with E-state index in [9.17, 15) is 9.18 Å². The summed E-state index contributed by atoms with van der Waals surface area (Å²) in [7, 11) is 0. The predicted molar refractivity (Wildman–Crippen MR) is 46.0 cm³/mol. The molecule has 0 fully saturated rings. The van der Waals surface area contributed by atoms with E-state index < -0.39 is 11.5 Å². The molecular weight excluding hydrogens is 197 g/mol. The van der Waals surface area contributed by atoms with Crippen LogP contribution in [0.15, 0.2) is 16.7 Å². The summed E-state index contributed by atoms with van der Waals surface area (Å²) in [6.45, 7) is 1.99. The van der Waals surface area contributed by atoms with Gasteiger partial charge in [0.2, 0.25) is 0 Å². The molecule has 1 atom stereocenters. The Morgan fingerprint density at radius 1 is 1.85 bits per heavy atom. The van der Waals surface area contributed by atoms with Crippen LogP contribution < -0.4 is 5.32 Å².